The fourth-order valence-electron chi connectivity index (χ4n) is 2.93. The molecule has 0 radical (unpaired) electrons. The average molecular weight is 247 g/mol. The highest BCUT2D eigenvalue weighted by atomic mass is 14.8. The zero-order chi connectivity index (χ0) is 13.4. The number of nitrogens with one attached hydrogen (secondary N) is 1. The standard InChI is InChI=1S/C17H29N/c1-5-8-15(4)13-18-12-11-16-9-6-7-10-17(16)14(2)3/h5,8,11-12,14,16-18H,4,6-7,9-10,13H2,1-3H3/b8-5-,12-11-. The van der Waals surface area contributed by atoms with Crippen LogP contribution < -0.4 is 5.32 Å². The SMILES string of the molecule is C=C(/C=C\C)CN/C=C\C1CCCCC1C(C)C. The average Bonchev–Trinajstić information content (AvgIpc) is 2.35. The smallest absolute Gasteiger partial charge is 0.0389 e. The topological polar surface area (TPSA) is 12.0 Å². The molecule has 1 aliphatic rings. The molecule has 1 saturated carbocycles. The van der Waals surface area contributed by atoms with Gasteiger partial charge in [-0.25, -0.2) is 0 Å². The van der Waals surface area contributed by atoms with Crippen LogP contribution in [0.25, 0.3) is 0 Å². The normalized spacial score (nSPS) is 25.1. The van der Waals surface area contributed by atoms with Gasteiger partial charge in [-0.2, -0.15) is 0 Å². The van der Waals surface area contributed by atoms with Crippen LogP contribution in [-0.2, 0) is 0 Å². The van der Waals surface area contributed by atoms with E-state index in [-0.39, 0.29) is 0 Å². The first-order chi connectivity index (χ1) is 8.65. The number of hydrogen-bond donors (Lipinski definition) is 1. The molecule has 1 heteroatoms. The molecule has 0 aromatic rings. The minimum atomic E-state index is 0.765. The fraction of sp³-hybridized carbons (Fsp3) is 0.647. The number of hydrogen-bond acceptors (Lipinski definition) is 1. The predicted molar refractivity (Wildman–Crippen MR) is 81.4 cm³/mol. The van der Waals surface area contributed by atoms with Crippen LogP contribution in [0.2, 0.25) is 0 Å². The van der Waals surface area contributed by atoms with Crippen LogP contribution in [0.15, 0.2) is 36.6 Å². The molecule has 2 atom stereocenters. The van der Waals surface area contributed by atoms with Crippen LogP contribution in [0.5, 0.6) is 0 Å². The lowest BCUT2D eigenvalue weighted by molar-refractivity contribution is 0.218. The van der Waals surface area contributed by atoms with Gasteiger partial charge < -0.3 is 5.32 Å². The molecule has 102 valence electrons. The molecule has 1 nitrogen and oxygen atoms in total. The quantitative estimate of drug-likeness (QED) is 0.672. The van der Waals surface area contributed by atoms with Gasteiger partial charge in [0.15, 0.2) is 0 Å². The van der Waals surface area contributed by atoms with Crippen molar-refractivity contribution in [2.45, 2.75) is 46.5 Å². The minimum absolute atomic E-state index is 0.765. The fourth-order valence-corrected chi connectivity index (χ4v) is 2.93. The largest absolute Gasteiger partial charge is 0.387 e. The van der Waals surface area contributed by atoms with E-state index in [0.717, 1.165) is 29.9 Å². The highest BCUT2D eigenvalue weighted by Gasteiger charge is 2.25. The second-order valence-corrected chi connectivity index (χ2v) is 5.75. The molecule has 1 rings (SSSR count). The van der Waals surface area contributed by atoms with Gasteiger partial charge in [-0.15, -0.1) is 0 Å². The van der Waals surface area contributed by atoms with Crippen molar-refractivity contribution in [3.8, 4) is 0 Å². The molecule has 2 unspecified atom stereocenters. The Kier molecular flexibility index (Phi) is 6.85. The van der Waals surface area contributed by atoms with Crippen molar-refractivity contribution in [2.75, 3.05) is 6.54 Å². The lowest BCUT2D eigenvalue weighted by Gasteiger charge is -2.32. The van der Waals surface area contributed by atoms with Gasteiger partial charge in [0.2, 0.25) is 0 Å². The molecule has 18 heavy (non-hydrogen) atoms. The minimum Gasteiger partial charge on any atom is -0.387 e. The Balaban J connectivity index is 2.37. The second-order valence-electron chi connectivity index (χ2n) is 5.75. The number of rotatable bonds is 6. The molecule has 0 aromatic carbocycles. The van der Waals surface area contributed by atoms with E-state index in [9.17, 15) is 0 Å². The van der Waals surface area contributed by atoms with Crippen molar-refractivity contribution < 1.29 is 0 Å². The zero-order valence-electron chi connectivity index (χ0n) is 12.3. The van der Waals surface area contributed by atoms with Gasteiger partial charge >= 0.3 is 0 Å². The third-order valence-electron chi connectivity index (χ3n) is 3.92. The van der Waals surface area contributed by atoms with E-state index in [1.54, 1.807) is 0 Å². The first-order valence-electron chi connectivity index (χ1n) is 7.35. The molecular weight excluding hydrogens is 218 g/mol. The first kappa shape index (κ1) is 15.1. The maximum absolute atomic E-state index is 3.99. The van der Waals surface area contributed by atoms with Crippen molar-refractivity contribution in [2.24, 2.45) is 17.8 Å². The van der Waals surface area contributed by atoms with E-state index in [2.05, 4.69) is 44.1 Å². The van der Waals surface area contributed by atoms with Gasteiger partial charge in [0.1, 0.15) is 0 Å². The molecule has 0 aromatic heterocycles. The maximum Gasteiger partial charge on any atom is 0.0389 e. The van der Waals surface area contributed by atoms with E-state index in [1.165, 1.54) is 25.7 Å². The Hall–Kier alpha value is -0.980. The van der Waals surface area contributed by atoms with E-state index < -0.39 is 0 Å². The van der Waals surface area contributed by atoms with E-state index in [4.69, 9.17) is 0 Å². The van der Waals surface area contributed by atoms with Crippen LogP contribution in [0.4, 0.5) is 0 Å². The van der Waals surface area contributed by atoms with Crippen molar-refractivity contribution in [3.05, 3.63) is 36.6 Å². The third-order valence-corrected chi connectivity index (χ3v) is 3.92. The monoisotopic (exact) mass is 247 g/mol. The predicted octanol–water partition coefficient (Wildman–Crippen LogP) is 4.68. The molecule has 0 amide bonds. The summed E-state index contributed by atoms with van der Waals surface area (Å²) in [6.45, 7) is 11.6. The lowest BCUT2D eigenvalue weighted by Crippen LogP contribution is -2.23. The summed E-state index contributed by atoms with van der Waals surface area (Å²) in [6.07, 6.45) is 14.2. The summed E-state index contributed by atoms with van der Waals surface area (Å²) in [5.41, 5.74) is 1.13. The number of allylic oxidation sites excluding steroid dienone is 2. The third kappa shape index (κ3) is 5.12. The van der Waals surface area contributed by atoms with Gasteiger partial charge in [-0.05, 0) is 49.3 Å². The Morgan fingerprint density at radius 3 is 2.72 bits per heavy atom. The van der Waals surface area contributed by atoms with Gasteiger partial charge in [0.25, 0.3) is 0 Å². The van der Waals surface area contributed by atoms with Gasteiger partial charge in [-0.3, -0.25) is 0 Å². The highest BCUT2D eigenvalue weighted by Crippen LogP contribution is 2.35. The molecule has 0 bridgehead atoms. The first-order valence-corrected chi connectivity index (χ1v) is 7.35. The zero-order valence-corrected chi connectivity index (χ0v) is 12.3. The Morgan fingerprint density at radius 2 is 2.06 bits per heavy atom. The molecule has 0 heterocycles. The molecule has 1 fully saturated rings. The molecule has 0 spiro atoms. The van der Waals surface area contributed by atoms with Crippen molar-refractivity contribution in [1.82, 2.24) is 5.32 Å². The van der Waals surface area contributed by atoms with Crippen molar-refractivity contribution >= 4 is 0 Å². The maximum atomic E-state index is 3.99. The van der Waals surface area contributed by atoms with Crippen LogP contribution in [-0.4, -0.2) is 6.54 Å². The van der Waals surface area contributed by atoms with E-state index >= 15 is 0 Å². The Morgan fingerprint density at radius 1 is 1.33 bits per heavy atom. The van der Waals surface area contributed by atoms with Gasteiger partial charge in [0, 0.05) is 6.54 Å². The summed E-state index contributed by atoms with van der Waals surface area (Å²) >= 11 is 0. The summed E-state index contributed by atoms with van der Waals surface area (Å²) < 4.78 is 0. The molecule has 1 N–H and O–H groups in total. The van der Waals surface area contributed by atoms with Gasteiger partial charge in [-0.1, -0.05) is 51.5 Å². The van der Waals surface area contributed by atoms with Crippen LogP contribution >= 0.6 is 0 Å². The van der Waals surface area contributed by atoms with Crippen molar-refractivity contribution in [1.29, 1.82) is 0 Å². The Labute approximate surface area is 113 Å². The molecular formula is C17H29N. The Bertz CT molecular complexity index is 299. The van der Waals surface area contributed by atoms with E-state index in [0.29, 0.717) is 0 Å². The van der Waals surface area contributed by atoms with E-state index in [1.807, 2.05) is 13.0 Å². The summed E-state index contributed by atoms with van der Waals surface area (Å²) in [4.78, 5) is 0. The van der Waals surface area contributed by atoms with Crippen LogP contribution in [0.3, 0.4) is 0 Å². The second kappa shape index (κ2) is 8.18. The summed E-state index contributed by atoms with van der Waals surface area (Å²) in [5, 5.41) is 3.35. The van der Waals surface area contributed by atoms with Gasteiger partial charge in [0.05, 0.1) is 0 Å². The molecule has 1 aliphatic carbocycles. The molecule has 0 aliphatic heterocycles. The van der Waals surface area contributed by atoms with Crippen LogP contribution in [0, 0.1) is 17.8 Å². The summed E-state index contributed by atoms with van der Waals surface area (Å²) in [7, 11) is 0. The van der Waals surface area contributed by atoms with Crippen molar-refractivity contribution in [3.63, 3.8) is 0 Å². The lowest BCUT2D eigenvalue weighted by atomic mass is 9.73. The highest BCUT2D eigenvalue weighted by molar-refractivity contribution is 5.15. The van der Waals surface area contributed by atoms with Crippen LogP contribution in [0.1, 0.15) is 46.5 Å². The summed E-state index contributed by atoms with van der Waals surface area (Å²) in [6, 6.07) is 0. The molecule has 0 saturated heterocycles. The summed E-state index contributed by atoms with van der Waals surface area (Å²) in [5.74, 6) is 2.44.